The molecular weight excluding hydrogens is 453 g/mol. The minimum absolute atomic E-state index is 0.116. The molecule has 0 saturated heterocycles. The normalized spacial score (nSPS) is 14.4. The van der Waals surface area contributed by atoms with E-state index in [-0.39, 0.29) is 22.9 Å². The van der Waals surface area contributed by atoms with Crippen molar-refractivity contribution in [2.24, 2.45) is 4.99 Å². The first-order valence-corrected chi connectivity index (χ1v) is 9.64. The molecule has 0 saturated carbocycles. The topological polar surface area (TPSA) is 65.0 Å². The molecular formula is C23H13BrFNO4. The molecule has 4 rings (SSSR count). The van der Waals surface area contributed by atoms with E-state index in [0.29, 0.717) is 11.1 Å². The molecule has 0 N–H and O–H groups in total. The van der Waals surface area contributed by atoms with Gasteiger partial charge in [-0.05, 0) is 60.2 Å². The molecule has 5 nitrogen and oxygen atoms in total. The third-order valence-corrected chi connectivity index (χ3v) is 4.71. The van der Waals surface area contributed by atoms with Crippen molar-refractivity contribution in [3.8, 4) is 5.75 Å². The van der Waals surface area contributed by atoms with Crippen LogP contribution in [-0.2, 0) is 9.53 Å². The third-order valence-electron chi connectivity index (χ3n) is 4.18. The fourth-order valence-electron chi connectivity index (χ4n) is 2.74. The molecule has 148 valence electrons. The quantitative estimate of drug-likeness (QED) is 0.303. The van der Waals surface area contributed by atoms with Crippen molar-refractivity contribution in [1.29, 1.82) is 0 Å². The first-order chi connectivity index (χ1) is 14.5. The Morgan fingerprint density at radius 2 is 1.80 bits per heavy atom. The highest BCUT2D eigenvalue weighted by molar-refractivity contribution is 9.10. The zero-order valence-corrected chi connectivity index (χ0v) is 16.9. The summed E-state index contributed by atoms with van der Waals surface area (Å²) in [5.74, 6) is -1.64. The summed E-state index contributed by atoms with van der Waals surface area (Å²) in [5, 5.41) is 0. The lowest BCUT2D eigenvalue weighted by molar-refractivity contribution is -0.129. The van der Waals surface area contributed by atoms with Crippen molar-refractivity contribution in [1.82, 2.24) is 0 Å². The van der Waals surface area contributed by atoms with Gasteiger partial charge in [-0.2, -0.15) is 0 Å². The van der Waals surface area contributed by atoms with Crippen LogP contribution in [0.4, 0.5) is 4.39 Å². The van der Waals surface area contributed by atoms with Gasteiger partial charge < -0.3 is 9.47 Å². The molecule has 1 aliphatic heterocycles. The molecule has 0 bridgehead atoms. The van der Waals surface area contributed by atoms with Crippen molar-refractivity contribution < 1.29 is 23.5 Å². The average Bonchev–Trinajstić information content (AvgIpc) is 3.09. The van der Waals surface area contributed by atoms with Gasteiger partial charge in [0.2, 0.25) is 5.90 Å². The number of rotatable bonds is 4. The number of ether oxygens (including phenoxy) is 2. The van der Waals surface area contributed by atoms with E-state index in [1.54, 1.807) is 42.5 Å². The van der Waals surface area contributed by atoms with Crippen LogP contribution in [0.25, 0.3) is 6.08 Å². The van der Waals surface area contributed by atoms with E-state index < -0.39 is 17.8 Å². The van der Waals surface area contributed by atoms with Crippen LogP contribution in [0.2, 0.25) is 0 Å². The second-order valence-corrected chi connectivity index (χ2v) is 7.20. The Morgan fingerprint density at radius 3 is 2.57 bits per heavy atom. The highest BCUT2D eigenvalue weighted by Crippen LogP contribution is 2.23. The molecule has 0 radical (unpaired) electrons. The zero-order valence-electron chi connectivity index (χ0n) is 15.3. The number of esters is 2. The molecule has 1 aliphatic rings. The van der Waals surface area contributed by atoms with Crippen molar-refractivity contribution in [2.45, 2.75) is 0 Å². The number of benzene rings is 3. The lowest BCUT2D eigenvalue weighted by Gasteiger charge is -2.06. The van der Waals surface area contributed by atoms with Gasteiger partial charge in [-0.1, -0.05) is 40.2 Å². The van der Waals surface area contributed by atoms with Gasteiger partial charge in [-0.3, -0.25) is 0 Å². The van der Waals surface area contributed by atoms with Crippen LogP contribution in [0.5, 0.6) is 5.75 Å². The van der Waals surface area contributed by atoms with Crippen molar-refractivity contribution >= 4 is 39.8 Å². The molecule has 3 aromatic rings. The Kier molecular flexibility index (Phi) is 5.54. The van der Waals surface area contributed by atoms with E-state index in [4.69, 9.17) is 9.47 Å². The second kappa shape index (κ2) is 8.42. The maximum Gasteiger partial charge on any atom is 0.363 e. The zero-order chi connectivity index (χ0) is 21.1. The summed E-state index contributed by atoms with van der Waals surface area (Å²) in [5.41, 5.74) is 1.19. The van der Waals surface area contributed by atoms with Crippen molar-refractivity contribution in [2.75, 3.05) is 0 Å². The number of carbonyl (C=O) groups excluding carboxylic acids is 2. The molecule has 0 spiro atoms. The third kappa shape index (κ3) is 4.36. The van der Waals surface area contributed by atoms with Gasteiger partial charge >= 0.3 is 11.9 Å². The Balaban J connectivity index is 1.56. The summed E-state index contributed by atoms with van der Waals surface area (Å²) >= 11 is 3.35. The Labute approximate surface area is 179 Å². The molecule has 0 unspecified atom stereocenters. The maximum atomic E-state index is 13.8. The van der Waals surface area contributed by atoms with E-state index in [2.05, 4.69) is 20.9 Å². The van der Waals surface area contributed by atoms with Gasteiger partial charge in [0.05, 0.1) is 5.56 Å². The Hall–Kier alpha value is -3.58. The molecule has 1 heterocycles. The lowest BCUT2D eigenvalue weighted by atomic mass is 10.2. The fourth-order valence-corrected chi connectivity index (χ4v) is 3.00. The van der Waals surface area contributed by atoms with Crippen LogP contribution in [0.15, 0.2) is 88.0 Å². The summed E-state index contributed by atoms with van der Waals surface area (Å²) in [7, 11) is 0. The molecule has 0 atom stereocenters. The van der Waals surface area contributed by atoms with Crippen LogP contribution in [0.3, 0.4) is 0 Å². The Bertz CT molecular complexity index is 1200. The van der Waals surface area contributed by atoms with Crippen LogP contribution in [0.1, 0.15) is 21.5 Å². The first kappa shape index (κ1) is 19.7. The number of carbonyl (C=O) groups is 2. The number of aliphatic imine (C=N–C) groups is 1. The molecule has 0 aliphatic carbocycles. The Morgan fingerprint density at radius 1 is 1.03 bits per heavy atom. The van der Waals surface area contributed by atoms with Crippen LogP contribution in [0, 0.1) is 5.82 Å². The largest absolute Gasteiger partial charge is 0.423 e. The molecule has 0 fully saturated rings. The summed E-state index contributed by atoms with van der Waals surface area (Å²) in [4.78, 5) is 28.6. The smallest absolute Gasteiger partial charge is 0.363 e. The fraction of sp³-hybridized carbons (Fsp3) is 0. The van der Waals surface area contributed by atoms with Gasteiger partial charge in [0.15, 0.2) is 5.70 Å². The highest BCUT2D eigenvalue weighted by Gasteiger charge is 2.24. The van der Waals surface area contributed by atoms with Gasteiger partial charge in [0, 0.05) is 10.0 Å². The number of cyclic esters (lactones) is 1. The predicted molar refractivity (Wildman–Crippen MR) is 113 cm³/mol. The maximum absolute atomic E-state index is 13.8. The van der Waals surface area contributed by atoms with Gasteiger partial charge in [0.25, 0.3) is 0 Å². The van der Waals surface area contributed by atoms with Gasteiger partial charge in [0.1, 0.15) is 11.6 Å². The average molecular weight is 466 g/mol. The molecule has 3 aromatic carbocycles. The standard InChI is InChI=1S/C23H13BrFNO4/c24-16-10-8-15(9-11-16)21-26-20(23(28)30-21)13-14-4-3-5-17(12-14)29-22(27)18-6-1-2-7-19(18)25/h1-13H. The minimum Gasteiger partial charge on any atom is -0.423 e. The van der Waals surface area contributed by atoms with Crippen molar-refractivity contribution in [3.05, 3.63) is 105 Å². The number of hydrogen-bond acceptors (Lipinski definition) is 5. The summed E-state index contributed by atoms with van der Waals surface area (Å²) in [6.45, 7) is 0. The first-order valence-electron chi connectivity index (χ1n) is 8.85. The highest BCUT2D eigenvalue weighted by atomic mass is 79.9. The van der Waals surface area contributed by atoms with Crippen molar-refractivity contribution in [3.63, 3.8) is 0 Å². The molecule has 30 heavy (non-hydrogen) atoms. The SMILES string of the molecule is O=C1OC(c2ccc(Br)cc2)=NC1=Cc1cccc(OC(=O)c2ccccc2F)c1. The molecule has 0 aromatic heterocycles. The molecule has 7 heteroatoms. The van der Waals surface area contributed by atoms with Crippen LogP contribution in [-0.4, -0.2) is 17.8 Å². The number of halogens is 2. The number of hydrogen-bond donors (Lipinski definition) is 0. The monoisotopic (exact) mass is 465 g/mol. The van der Waals surface area contributed by atoms with E-state index >= 15 is 0 Å². The molecule has 0 amide bonds. The van der Waals surface area contributed by atoms with Crippen LogP contribution < -0.4 is 4.74 Å². The van der Waals surface area contributed by atoms with E-state index in [1.165, 1.54) is 24.3 Å². The van der Waals surface area contributed by atoms with E-state index in [1.807, 2.05) is 12.1 Å². The van der Waals surface area contributed by atoms with E-state index in [0.717, 1.165) is 4.47 Å². The van der Waals surface area contributed by atoms with Crippen LogP contribution >= 0.6 is 15.9 Å². The minimum atomic E-state index is -0.811. The van der Waals surface area contributed by atoms with Gasteiger partial charge in [-0.25, -0.2) is 19.0 Å². The lowest BCUT2D eigenvalue weighted by Crippen LogP contribution is -2.10. The summed E-state index contributed by atoms with van der Waals surface area (Å²) in [6, 6.07) is 19.2. The summed E-state index contributed by atoms with van der Waals surface area (Å²) in [6.07, 6.45) is 1.52. The summed E-state index contributed by atoms with van der Waals surface area (Å²) < 4.78 is 25.1. The number of nitrogens with zero attached hydrogens (tertiary/aromatic N) is 1. The predicted octanol–water partition coefficient (Wildman–Crippen LogP) is 5.15. The van der Waals surface area contributed by atoms with E-state index in [9.17, 15) is 14.0 Å². The second-order valence-electron chi connectivity index (χ2n) is 6.28. The van der Waals surface area contributed by atoms with Gasteiger partial charge in [-0.15, -0.1) is 0 Å².